The van der Waals surface area contributed by atoms with Crippen LogP contribution >= 0.6 is 0 Å². The Balaban J connectivity index is 1.46. The Morgan fingerprint density at radius 1 is 0.714 bits per heavy atom. The molecule has 6 nitrogen and oxygen atoms in total. The molecule has 0 aliphatic carbocycles. The highest BCUT2D eigenvalue weighted by molar-refractivity contribution is 6.11. The Labute approximate surface area is 204 Å². The third-order valence-corrected chi connectivity index (χ3v) is 5.65. The number of hydrogen-bond donors (Lipinski definition) is 4. The highest BCUT2D eigenvalue weighted by Gasteiger charge is 2.28. The van der Waals surface area contributed by atoms with Crippen molar-refractivity contribution in [2.45, 2.75) is 12.5 Å². The van der Waals surface area contributed by atoms with E-state index in [9.17, 15) is 9.59 Å². The van der Waals surface area contributed by atoms with Gasteiger partial charge in [0.2, 0.25) is 11.8 Å². The lowest BCUT2D eigenvalue weighted by molar-refractivity contribution is -0.129. The number of amidine groups is 1. The molecule has 0 saturated heterocycles. The van der Waals surface area contributed by atoms with Crippen molar-refractivity contribution in [3.05, 3.63) is 126 Å². The van der Waals surface area contributed by atoms with Gasteiger partial charge in [0.1, 0.15) is 11.8 Å². The molecular weight excluding hydrogens is 436 g/mol. The summed E-state index contributed by atoms with van der Waals surface area (Å²) in [6.45, 7) is 0.303. The number of hydrogen-bond acceptors (Lipinski definition) is 3. The van der Waals surface area contributed by atoms with Crippen LogP contribution in [0.25, 0.3) is 11.1 Å². The maximum Gasteiger partial charge on any atom is 0.241 e. The van der Waals surface area contributed by atoms with Crippen LogP contribution in [0, 0.1) is 5.41 Å². The summed E-state index contributed by atoms with van der Waals surface area (Å²) in [5, 5.41) is 13.2. The van der Waals surface area contributed by atoms with Crippen LogP contribution in [0.15, 0.2) is 109 Å². The second-order valence-electron chi connectivity index (χ2n) is 8.10. The number of rotatable bonds is 8. The summed E-state index contributed by atoms with van der Waals surface area (Å²) in [5.74, 6) is -1.90. The summed E-state index contributed by atoms with van der Waals surface area (Å²) >= 11 is 0. The van der Waals surface area contributed by atoms with Gasteiger partial charge in [-0.2, -0.15) is 0 Å². The van der Waals surface area contributed by atoms with Gasteiger partial charge in [-0.05, 0) is 46.5 Å². The van der Waals surface area contributed by atoms with Crippen molar-refractivity contribution in [3.8, 4) is 11.1 Å². The molecule has 4 rings (SSSR count). The summed E-state index contributed by atoms with van der Waals surface area (Å²) in [7, 11) is 0. The lowest BCUT2D eigenvalue weighted by atomic mass is 9.96. The maximum absolute atomic E-state index is 13.2. The minimum atomic E-state index is -1.02. The van der Waals surface area contributed by atoms with Crippen LogP contribution in [-0.2, 0) is 16.1 Å². The summed E-state index contributed by atoms with van der Waals surface area (Å²) in [5.41, 5.74) is 10.3. The third kappa shape index (κ3) is 6.00. The monoisotopic (exact) mass is 462 g/mol. The number of carbonyl (C=O) groups is 2. The Bertz CT molecular complexity index is 1300. The summed E-state index contributed by atoms with van der Waals surface area (Å²) < 4.78 is 0. The fourth-order valence-corrected chi connectivity index (χ4v) is 3.75. The van der Waals surface area contributed by atoms with Gasteiger partial charge < -0.3 is 16.4 Å². The lowest BCUT2D eigenvalue weighted by Gasteiger charge is -2.17. The van der Waals surface area contributed by atoms with Gasteiger partial charge in [-0.3, -0.25) is 15.0 Å². The van der Waals surface area contributed by atoms with Crippen molar-refractivity contribution in [1.29, 1.82) is 5.41 Å². The number of amides is 2. The van der Waals surface area contributed by atoms with Crippen LogP contribution in [0.1, 0.15) is 22.6 Å². The first-order chi connectivity index (χ1) is 17.0. The van der Waals surface area contributed by atoms with E-state index >= 15 is 0 Å². The Hall–Kier alpha value is -4.71. The van der Waals surface area contributed by atoms with E-state index in [-0.39, 0.29) is 11.7 Å². The van der Waals surface area contributed by atoms with Gasteiger partial charge in [-0.15, -0.1) is 0 Å². The molecular formula is C29H26N4O2. The predicted molar refractivity (Wildman–Crippen MR) is 139 cm³/mol. The third-order valence-electron chi connectivity index (χ3n) is 5.65. The van der Waals surface area contributed by atoms with Crippen molar-refractivity contribution < 1.29 is 9.59 Å². The van der Waals surface area contributed by atoms with Crippen LogP contribution in [-0.4, -0.2) is 17.6 Å². The molecule has 0 aliphatic rings. The smallest absolute Gasteiger partial charge is 0.241 e. The van der Waals surface area contributed by atoms with Gasteiger partial charge in [0.05, 0.1) is 0 Å². The van der Waals surface area contributed by atoms with Gasteiger partial charge in [0.15, 0.2) is 0 Å². The molecule has 0 heterocycles. The second kappa shape index (κ2) is 10.9. The molecule has 0 fully saturated rings. The van der Waals surface area contributed by atoms with E-state index in [4.69, 9.17) is 11.1 Å². The molecule has 2 amide bonds. The highest BCUT2D eigenvalue weighted by Crippen LogP contribution is 2.21. The van der Waals surface area contributed by atoms with Crippen molar-refractivity contribution in [2.75, 3.05) is 5.32 Å². The molecule has 0 aromatic heterocycles. The number of benzene rings is 4. The van der Waals surface area contributed by atoms with Crippen molar-refractivity contribution in [1.82, 2.24) is 5.32 Å². The molecule has 0 bridgehead atoms. The lowest BCUT2D eigenvalue weighted by Crippen LogP contribution is -2.36. The molecule has 4 aromatic carbocycles. The fourth-order valence-electron chi connectivity index (χ4n) is 3.75. The standard InChI is InChI=1S/C29H26N4O2/c30-27(31)24-15-17-25(18-16-24)33-29(35)26(23-9-5-2-6-10-23)28(34)32-19-20-11-13-22(14-12-20)21-7-3-1-4-8-21/h1-18,26H,19H2,(H3,30,31)(H,32,34)(H,33,35). The number of anilines is 1. The van der Waals surface area contributed by atoms with Crippen molar-refractivity contribution in [2.24, 2.45) is 5.73 Å². The molecule has 6 heteroatoms. The zero-order valence-electron chi connectivity index (χ0n) is 19.1. The predicted octanol–water partition coefficient (Wildman–Crippen LogP) is 4.68. The van der Waals surface area contributed by atoms with E-state index in [0.717, 1.165) is 16.7 Å². The van der Waals surface area contributed by atoms with E-state index < -0.39 is 11.8 Å². The van der Waals surface area contributed by atoms with Gasteiger partial charge in [-0.25, -0.2) is 0 Å². The van der Waals surface area contributed by atoms with Gasteiger partial charge in [0.25, 0.3) is 0 Å². The first-order valence-corrected chi connectivity index (χ1v) is 11.2. The van der Waals surface area contributed by atoms with Crippen LogP contribution < -0.4 is 16.4 Å². The average Bonchev–Trinajstić information content (AvgIpc) is 2.89. The van der Waals surface area contributed by atoms with Gasteiger partial charge in [-0.1, -0.05) is 84.9 Å². The second-order valence-corrected chi connectivity index (χ2v) is 8.10. The Morgan fingerprint density at radius 2 is 1.29 bits per heavy atom. The van der Waals surface area contributed by atoms with Gasteiger partial charge in [0, 0.05) is 17.8 Å². The molecule has 0 saturated carbocycles. The van der Waals surface area contributed by atoms with Crippen LogP contribution in [0.2, 0.25) is 0 Å². The Morgan fingerprint density at radius 3 is 1.89 bits per heavy atom. The molecule has 0 aliphatic heterocycles. The largest absolute Gasteiger partial charge is 0.384 e. The van der Waals surface area contributed by atoms with E-state index in [1.807, 2.05) is 60.7 Å². The van der Waals surface area contributed by atoms with Crippen LogP contribution in [0.4, 0.5) is 5.69 Å². The van der Waals surface area contributed by atoms with E-state index in [2.05, 4.69) is 10.6 Å². The van der Waals surface area contributed by atoms with Crippen molar-refractivity contribution in [3.63, 3.8) is 0 Å². The number of nitrogen functional groups attached to an aromatic ring is 1. The molecule has 4 aromatic rings. The minimum absolute atomic E-state index is 0.0544. The molecule has 5 N–H and O–H groups in total. The van der Waals surface area contributed by atoms with Crippen LogP contribution in [0.5, 0.6) is 0 Å². The summed E-state index contributed by atoms with van der Waals surface area (Å²) in [4.78, 5) is 26.3. The Kier molecular flexibility index (Phi) is 7.33. The van der Waals surface area contributed by atoms with E-state index in [0.29, 0.717) is 23.4 Å². The topological polar surface area (TPSA) is 108 Å². The minimum Gasteiger partial charge on any atom is -0.384 e. The molecule has 0 spiro atoms. The fraction of sp³-hybridized carbons (Fsp3) is 0.0690. The normalized spacial score (nSPS) is 11.3. The average molecular weight is 463 g/mol. The van der Waals surface area contributed by atoms with Crippen molar-refractivity contribution >= 4 is 23.3 Å². The quantitative estimate of drug-likeness (QED) is 0.173. The molecule has 1 atom stereocenters. The molecule has 1 unspecified atom stereocenters. The zero-order valence-corrected chi connectivity index (χ0v) is 19.1. The summed E-state index contributed by atoms with van der Waals surface area (Å²) in [6, 6.07) is 33.6. The highest BCUT2D eigenvalue weighted by atomic mass is 16.2. The molecule has 35 heavy (non-hydrogen) atoms. The first-order valence-electron chi connectivity index (χ1n) is 11.2. The maximum atomic E-state index is 13.2. The summed E-state index contributed by atoms with van der Waals surface area (Å²) in [6.07, 6.45) is 0. The number of nitrogens with two attached hydrogens (primary N) is 1. The zero-order chi connectivity index (χ0) is 24.6. The number of carbonyl (C=O) groups excluding carboxylic acids is 2. The first kappa shape index (κ1) is 23.4. The number of nitrogens with one attached hydrogen (secondary N) is 3. The van der Waals surface area contributed by atoms with E-state index in [1.165, 1.54) is 0 Å². The molecule has 174 valence electrons. The SMILES string of the molecule is N=C(N)c1ccc(NC(=O)C(C(=O)NCc2ccc(-c3ccccc3)cc2)c2ccccc2)cc1. The van der Waals surface area contributed by atoms with E-state index in [1.54, 1.807) is 48.5 Å². The van der Waals surface area contributed by atoms with Gasteiger partial charge >= 0.3 is 0 Å². The molecule has 0 radical (unpaired) electrons. The van der Waals surface area contributed by atoms with Crippen LogP contribution in [0.3, 0.4) is 0 Å².